The predicted octanol–water partition coefficient (Wildman–Crippen LogP) is 3.08. The Balaban J connectivity index is 2.11. The number of ether oxygens (including phenoxy) is 1. The van der Waals surface area contributed by atoms with Crippen LogP contribution < -0.4 is 9.30 Å². The lowest BCUT2D eigenvalue weighted by Gasteiger charge is -2.05. The lowest BCUT2D eigenvalue weighted by atomic mass is 10.1. The second kappa shape index (κ2) is 6.43. The summed E-state index contributed by atoms with van der Waals surface area (Å²) in [6, 6.07) is 9.58. The summed E-state index contributed by atoms with van der Waals surface area (Å²) >= 11 is 0. The summed E-state index contributed by atoms with van der Waals surface area (Å²) in [5, 5.41) is 0. The molecule has 0 aliphatic carbocycles. The number of alkyl halides is 2. The summed E-state index contributed by atoms with van der Waals surface area (Å²) < 4.78 is 30.2. The topological polar surface area (TPSA) is 30.2 Å². The third kappa shape index (κ3) is 3.84. The van der Waals surface area contributed by atoms with Crippen molar-refractivity contribution in [2.75, 3.05) is 0 Å². The molecule has 110 valence electrons. The first-order valence-corrected chi connectivity index (χ1v) is 6.51. The van der Waals surface area contributed by atoms with Gasteiger partial charge in [-0.15, -0.1) is 0 Å². The van der Waals surface area contributed by atoms with Crippen LogP contribution in [0.5, 0.6) is 5.75 Å². The zero-order chi connectivity index (χ0) is 15.4. The Hall–Kier alpha value is -2.30. The number of benzene rings is 1. The van der Waals surface area contributed by atoms with Crippen molar-refractivity contribution in [2.45, 2.75) is 27.0 Å². The number of halogens is 2. The molecule has 0 aliphatic rings. The molecule has 1 aromatic heterocycles. The summed E-state index contributed by atoms with van der Waals surface area (Å²) in [5.41, 5.74) is 2.58. The standard InChI is InChI=1S/C16H16F2NO2/c1-11-4-3-9-19(12(11)2)10-15(20)13-5-7-14(8-6-13)21-16(17)18/h3-9,16H,10H2,1-2H3/q+1. The SMILES string of the molecule is Cc1ccc[n+](CC(=O)c2ccc(OC(F)F)cc2)c1C. The number of aromatic nitrogens is 1. The van der Waals surface area contributed by atoms with Crippen LogP contribution in [-0.2, 0) is 6.54 Å². The Morgan fingerprint density at radius 3 is 2.48 bits per heavy atom. The molecule has 0 N–H and O–H groups in total. The smallest absolute Gasteiger partial charge is 0.387 e. The molecule has 0 aliphatic heterocycles. The molecule has 0 unspecified atom stereocenters. The van der Waals surface area contributed by atoms with Crippen molar-refractivity contribution in [1.29, 1.82) is 0 Å². The van der Waals surface area contributed by atoms with Gasteiger partial charge in [0.1, 0.15) is 5.75 Å². The van der Waals surface area contributed by atoms with Crippen LogP contribution in [0.1, 0.15) is 21.6 Å². The number of hydrogen-bond acceptors (Lipinski definition) is 2. The van der Waals surface area contributed by atoms with E-state index >= 15 is 0 Å². The van der Waals surface area contributed by atoms with Crippen molar-refractivity contribution in [1.82, 2.24) is 0 Å². The summed E-state index contributed by atoms with van der Waals surface area (Å²) in [6.45, 7) is 1.27. The van der Waals surface area contributed by atoms with Crippen molar-refractivity contribution in [3.8, 4) is 5.75 Å². The Kier molecular flexibility index (Phi) is 4.62. The average Bonchev–Trinajstić information content (AvgIpc) is 2.44. The number of nitrogens with zero attached hydrogens (tertiary/aromatic N) is 1. The van der Waals surface area contributed by atoms with E-state index < -0.39 is 6.61 Å². The molecule has 0 spiro atoms. The minimum absolute atomic E-state index is 0.0425. The molecule has 1 aromatic carbocycles. The third-order valence-electron chi connectivity index (χ3n) is 3.33. The van der Waals surface area contributed by atoms with E-state index in [1.165, 1.54) is 24.3 Å². The lowest BCUT2D eigenvalue weighted by Crippen LogP contribution is -2.41. The maximum Gasteiger partial charge on any atom is 0.387 e. The van der Waals surface area contributed by atoms with Crippen molar-refractivity contribution in [3.05, 3.63) is 59.4 Å². The van der Waals surface area contributed by atoms with E-state index in [9.17, 15) is 13.6 Å². The molecule has 5 heteroatoms. The van der Waals surface area contributed by atoms with Gasteiger partial charge in [0.25, 0.3) is 0 Å². The highest BCUT2D eigenvalue weighted by Crippen LogP contribution is 2.15. The first-order valence-electron chi connectivity index (χ1n) is 6.51. The molecular formula is C16H16F2NO2+. The van der Waals surface area contributed by atoms with Gasteiger partial charge in [0.05, 0.1) is 0 Å². The number of ketones is 1. The first kappa shape index (κ1) is 15.1. The summed E-state index contributed by atoms with van der Waals surface area (Å²) in [5.74, 6) is -0.0433. The molecule has 0 bridgehead atoms. The van der Waals surface area contributed by atoms with Crippen LogP contribution in [0.2, 0.25) is 0 Å². The first-order chi connectivity index (χ1) is 9.97. The fourth-order valence-corrected chi connectivity index (χ4v) is 1.99. The molecule has 2 rings (SSSR count). The summed E-state index contributed by atoms with van der Waals surface area (Å²) in [7, 11) is 0. The van der Waals surface area contributed by atoms with Crippen molar-refractivity contribution < 1.29 is 22.9 Å². The van der Waals surface area contributed by atoms with Gasteiger partial charge in [-0.1, -0.05) is 0 Å². The quantitative estimate of drug-likeness (QED) is 0.626. The second-order valence-corrected chi connectivity index (χ2v) is 4.73. The maximum absolute atomic E-state index is 12.2. The van der Waals surface area contributed by atoms with Gasteiger partial charge in [-0.25, -0.2) is 0 Å². The number of rotatable bonds is 5. The van der Waals surface area contributed by atoms with Crippen molar-refractivity contribution in [3.63, 3.8) is 0 Å². The highest BCUT2D eigenvalue weighted by Gasteiger charge is 2.15. The number of pyridine rings is 1. The molecule has 0 radical (unpaired) electrons. The number of carbonyl (C=O) groups excluding carboxylic acids is 1. The van der Waals surface area contributed by atoms with Gasteiger partial charge in [0.2, 0.25) is 12.3 Å². The third-order valence-corrected chi connectivity index (χ3v) is 3.33. The highest BCUT2D eigenvalue weighted by atomic mass is 19.3. The van der Waals surface area contributed by atoms with Gasteiger partial charge < -0.3 is 4.74 Å². The number of hydrogen-bond donors (Lipinski definition) is 0. The van der Waals surface area contributed by atoms with Gasteiger partial charge in [-0.2, -0.15) is 13.3 Å². The molecule has 21 heavy (non-hydrogen) atoms. The van der Waals surface area contributed by atoms with Crippen LogP contribution in [0.4, 0.5) is 8.78 Å². The molecule has 0 fully saturated rings. The summed E-state index contributed by atoms with van der Waals surface area (Å²) in [6.07, 6.45) is 1.84. The number of aryl methyl sites for hydroxylation is 1. The van der Waals surface area contributed by atoms with E-state index in [2.05, 4.69) is 4.74 Å². The highest BCUT2D eigenvalue weighted by molar-refractivity contribution is 5.95. The van der Waals surface area contributed by atoms with E-state index in [-0.39, 0.29) is 18.1 Å². The molecular weight excluding hydrogens is 276 g/mol. The average molecular weight is 292 g/mol. The normalized spacial score (nSPS) is 10.7. The molecule has 2 aromatic rings. The van der Waals surface area contributed by atoms with Crippen LogP contribution in [0.25, 0.3) is 0 Å². The van der Waals surface area contributed by atoms with Gasteiger partial charge >= 0.3 is 6.61 Å². The number of Topliss-reactive ketones (excluding diaryl/α,β-unsaturated/α-hetero) is 1. The van der Waals surface area contributed by atoms with Gasteiger partial charge in [-0.05, 0) is 37.3 Å². The van der Waals surface area contributed by atoms with E-state index in [4.69, 9.17) is 0 Å². The Labute approximate surface area is 121 Å². The molecule has 1 heterocycles. The van der Waals surface area contributed by atoms with Crippen LogP contribution in [-0.4, -0.2) is 12.4 Å². The van der Waals surface area contributed by atoms with E-state index in [1.807, 2.05) is 36.7 Å². The van der Waals surface area contributed by atoms with Crippen LogP contribution >= 0.6 is 0 Å². The molecule has 0 atom stereocenters. The fourth-order valence-electron chi connectivity index (χ4n) is 1.99. The second-order valence-electron chi connectivity index (χ2n) is 4.73. The Bertz CT molecular complexity index is 639. The maximum atomic E-state index is 12.2. The number of carbonyl (C=O) groups is 1. The van der Waals surface area contributed by atoms with Gasteiger partial charge in [0, 0.05) is 24.1 Å². The van der Waals surface area contributed by atoms with Crippen molar-refractivity contribution >= 4 is 5.78 Å². The van der Waals surface area contributed by atoms with E-state index in [0.29, 0.717) is 5.56 Å². The molecule has 0 amide bonds. The van der Waals surface area contributed by atoms with Gasteiger partial charge in [0.15, 0.2) is 11.9 Å². The zero-order valence-electron chi connectivity index (χ0n) is 11.8. The molecule has 3 nitrogen and oxygen atoms in total. The van der Waals surface area contributed by atoms with Gasteiger partial charge in [-0.3, -0.25) is 4.79 Å². The largest absolute Gasteiger partial charge is 0.435 e. The predicted molar refractivity (Wildman–Crippen MR) is 73.5 cm³/mol. The Morgan fingerprint density at radius 1 is 1.19 bits per heavy atom. The van der Waals surface area contributed by atoms with Crippen molar-refractivity contribution in [2.24, 2.45) is 0 Å². The summed E-state index contributed by atoms with van der Waals surface area (Å²) in [4.78, 5) is 12.2. The molecule has 0 saturated carbocycles. The lowest BCUT2D eigenvalue weighted by molar-refractivity contribution is -0.689. The minimum atomic E-state index is -2.86. The fraction of sp³-hybridized carbons (Fsp3) is 0.250. The zero-order valence-corrected chi connectivity index (χ0v) is 11.8. The molecule has 0 saturated heterocycles. The van der Waals surface area contributed by atoms with Crippen LogP contribution in [0.15, 0.2) is 42.6 Å². The van der Waals surface area contributed by atoms with Crippen LogP contribution in [0, 0.1) is 13.8 Å². The van der Waals surface area contributed by atoms with Crippen LogP contribution in [0.3, 0.4) is 0 Å². The van der Waals surface area contributed by atoms with E-state index in [1.54, 1.807) is 0 Å². The van der Waals surface area contributed by atoms with E-state index in [0.717, 1.165) is 11.3 Å². The monoisotopic (exact) mass is 292 g/mol. The minimum Gasteiger partial charge on any atom is -0.435 e. The Morgan fingerprint density at radius 2 is 1.86 bits per heavy atom.